The third kappa shape index (κ3) is 13.4. The van der Waals surface area contributed by atoms with Crippen LogP contribution in [0, 0.1) is 0 Å². The van der Waals surface area contributed by atoms with E-state index in [2.05, 4.69) is 10.6 Å². The number of hydrogen-bond donors (Lipinski definition) is 2. The monoisotopic (exact) mass is 486 g/mol. The van der Waals surface area contributed by atoms with Crippen LogP contribution in [0.3, 0.4) is 0 Å². The second-order valence-corrected chi connectivity index (χ2v) is 11.6. The highest BCUT2D eigenvalue weighted by Crippen LogP contribution is 2.11. The molecule has 0 aliphatic carbocycles. The number of carbonyl (C=O) groups is 3. The van der Waals surface area contributed by atoms with E-state index in [9.17, 15) is 22.8 Å². The Hall–Kier alpha value is -2.82. The molecule has 0 saturated heterocycles. The largest absolute Gasteiger partial charge is 0.458 e. The summed E-state index contributed by atoms with van der Waals surface area (Å²) < 4.78 is 40.5. The lowest BCUT2D eigenvalue weighted by molar-refractivity contribution is -0.156. The zero-order chi connectivity index (χ0) is 25.3. The van der Waals surface area contributed by atoms with Crippen LogP contribution >= 0.6 is 0 Å². The Balaban J connectivity index is 2.66. The Labute approximate surface area is 195 Å². The molecule has 0 aromatic heterocycles. The number of esters is 1. The topological polar surface area (TPSA) is 137 Å². The molecular formula is C22H34N2O8S. The lowest BCUT2D eigenvalue weighted by atomic mass is 10.2. The van der Waals surface area contributed by atoms with Gasteiger partial charge in [-0.15, -0.1) is 0 Å². The summed E-state index contributed by atoms with van der Waals surface area (Å²) in [5.41, 5.74) is -0.946. The molecule has 186 valence electrons. The van der Waals surface area contributed by atoms with Gasteiger partial charge >= 0.3 is 18.2 Å². The molecule has 11 heteroatoms. The van der Waals surface area contributed by atoms with Gasteiger partial charge in [0.25, 0.3) is 0 Å². The van der Waals surface area contributed by atoms with Crippen LogP contribution in [0.5, 0.6) is 0 Å². The quantitative estimate of drug-likeness (QED) is 0.401. The van der Waals surface area contributed by atoms with Crippen LogP contribution in [0.25, 0.3) is 0 Å². The molecule has 0 saturated carbocycles. The summed E-state index contributed by atoms with van der Waals surface area (Å²) >= 11 is 0. The van der Waals surface area contributed by atoms with Crippen molar-refractivity contribution in [2.45, 2.75) is 65.4 Å². The first kappa shape index (κ1) is 28.2. The lowest BCUT2D eigenvalue weighted by Gasteiger charge is -2.26. The number of carbonyl (C=O) groups excluding carboxylic acids is 3. The van der Waals surface area contributed by atoms with Crippen LogP contribution in [0.1, 0.15) is 47.1 Å². The average molecular weight is 487 g/mol. The second-order valence-electron chi connectivity index (χ2n) is 9.34. The van der Waals surface area contributed by atoms with Crippen LogP contribution in [-0.4, -0.2) is 61.9 Å². The van der Waals surface area contributed by atoms with Crippen molar-refractivity contribution in [1.82, 2.24) is 10.6 Å². The minimum absolute atomic E-state index is 0.0416. The normalized spacial score (nSPS) is 12.9. The van der Waals surface area contributed by atoms with E-state index in [4.69, 9.17) is 14.2 Å². The summed E-state index contributed by atoms with van der Waals surface area (Å²) in [5.74, 6) is -2.10. The molecule has 33 heavy (non-hydrogen) atoms. The van der Waals surface area contributed by atoms with Crippen LogP contribution in [0.2, 0.25) is 0 Å². The first-order valence-electron chi connectivity index (χ1n) is 10.4. The SMILES string of the molecule is CC(C)(C)OC(=O)NC(CS(=O)(=O)CCNC(=O)OCc1ccccc1)C(=O)OC(C)(C)C. The Kier molecular flexibility index (Phi) is 10.1. The van der Waals surface area contributed by atoms with Crippen molar-refractivity contribution in [3.63, 3.8) is 0 Å². The molecule has 2 N–H and O–H groups in total. The van der Waals surface area contributed by atoms with E-state index in [0.29, 0.717) is 0 Å². The standard InChI is InChI=1S/C22H34N2O8S/c1-21(2,3)31-18(25)17(24-20(27)32-22(4,5)6)15-33(28,29)13-12-23-19(26)30-14-16-10-8-7-9-11-16/h7-11,17H,12-15H2,1-6H3,(H,23,26)(H,24,27). The summed E-state index contributed by atoms with van der Waals surface area (Å²) in [7, 11) is -3.87. The third-order valence-electron chi connectivity index (χ3n) is 3.70. The highest BCUT2D eigenvalue weighted by Gasteiger charge is 2.32. The average Bonchev–Trinajstić information content (AvgIpc) is 2.63. The van der Waals surface area contributed by atoms with Crippen molar-refractivity contribution in [2.75, 3.05) is 18.1 Å². The summed E-state index contributed by atoms with van der Waals surface area (Å²) in [4.78, 5) is 36.4. The van der Waals surface area contributed by atoms with Gasteiger partial charge in [0.15, 0.2) is 9.84 Å². The molecule has 0 fully saturated rings. The van der Waals surface area contributed by atoms with Gasteiger partial charge in [0.2, 0.25) is 0 Å². The molecule has 1 aromatic rings. The van der Waals surface area contributed by atoms with Gasteiger partial charge < -0.3 is 24.8 Å². The van der Waals surface area contributed by atoms with Crippen molar-refractivity contribution in [2.24, 2.45) is 0 Å². The van der Waals surface area contributed by atoms with Gasteiger partial charge in [-0.2, -0.15) is 0 Å². The number of nitrogens with one attached hydrogen (secondary N) is 2. The number of rotatable bonds is 9. The summed E-state index contributed by atoms with van der Waals surface area (Å²) in [6, 6.07) is 7.52. The molecule has 2 amide bonds. The maximum Gasteiger partial charge on any atom is 0.408 e. The van der Waals surface area contributed by atoms with Gasteiger partial charge in [-0.3, -0.25) is 0 Å². The Morgan fingerprint density at radius 2 is 1.48 bits per heavy atom. The number of ether oxygens (including phenoxy) is 3. The van der Waals surface area contributed by atoms with E-state index in [1.165, 1.54) is 0 Å². The van der Waals surface area contributed by atoms with E-state index in [0.717, 1.165) is 5.56 Å². The van der Waals surface area contributed by atoms with Crippen molar-refractivity contribution in [3.8, 4) is 0 Å². The molecule has 0 aliphatic rings. The molecule has 1 rings (SSSR count). The maximum absolute atomic E-state index is 12.5. The fourth-order valence-electron chi connectivity index (χ4n) is 2.41. The number of alkyl carbamates (subject to hydrolysis) is 2. The van der Waals surface area contributed by atoms with Gasteiger partial charge in [-0.25, -0.2) is 22.8 Å². The van der Waals surface area contributed by atoms with Crippen LogP contribution in [-0.2, 0) is 35.4 Å². The van der Waals surface area contributed by atoms with Crippen molar-refractivity contribution >= 4 is 28.0 Å². The first-order valence-corrected chi connectivity index (χ1v) is 12.3. The van der Waals surface area contributed by atoms with E-state index in [1.54, 1.807) is 65.8 Å². The highest BCUT2D eigenvalue weighted by atomic mass is 32.2. The molecular weight excluding hydrogens is 452 g/mol. The zero-order valence-corrected chi connectivity index (χ0v) is 20.8. The number of sulfone groups is 1. The Morgan fingerprint density at radius 3 is 2.03 bits per heavy atom. The molecule has 0 radical (unpaired) electrons. The molecule has 0 bridgehead atoms. The first-order chi connectivity index (χ1) is 15.1. The molecule has 1 aromatic carbocycles. The van der Waals surface area contributed by atoms with E-state index < -0.39 is 56.7 Å². The molecule has 0 heterocycles. The van der Waals surface area contributed by atoms with E-state index in [1.807, 2.05) is 6.07 Å². The molecule has 10 nitrogen and oxygen atoms in total. The molecule has 1 atom stereocenters. The highest BCUT2D eigenvalue weighted by molar-refractivity contribution is 7.91. The predicted octanol–water partition coefficient (Wildman–Crippen LogP) is 2.56. The van der Waals surface area contributed by atoms with E-state index >= 15 is 0 Å². The number of hydrogen-bond acceptors (Lipinski definition) is 8. The summed E-state index contributed by atoms with van der Waals surface area (Å²) in [6.07, 6.45) is -1.72. The van der Waals surface area contributed by atoms with Gasteiger partial charge in [0.05, 0.1) is 11.5 Å². The predicted molar refractivity (Wildman–Crippen MR) is 122 cm³/mol. The minimum atomic E-state index is -3.87. The van der Waals surface area contributed by atoms with Crippen LogP contribution in [0.4, 0.5) is 9.59 Å². The van der Waals surface area contributed by atoms with Gasteiger partial charge in [-0.1, -0.05) is 30.3 Å². The number of amides is 2. The van der Waals surface area contributed by atoms with Crippen molar-refractivity contribution in [3.05, 3.63) is 35.9 Å². The van der Waals surface area contributed by atoms with Gasteiger partial charge in [-0.05, 0) is 47.1 Å². The Bertz CT molecular complexity index is 903. The summed E-state index contributed by atoms with van der Waals surface area (Å²) in [6.45, 7) is 9.57. The van der Waals surface area contributed by atoms with Crippen LogP contribution in [0.15, 0.2) is 30.3 Å². The zero-order valence-electron chi connectivity index (χ0n) is 20.0. The molecule has 0 spiro atoms. The number of benzene rings is 1. The summed E-state index contributed by atoms with van der Waals surface area (Å²) in [5, 5.41) is 4.62. The maximum atomic E-state index is 12.5. The molecule has 1 unspecified atom stereocenters. The molecule has 0 aliphatic heterocycles. The fraction of sp³-hybridized carbons (Fsp3) is 0.591. The van der Waals surface area contributed by atoms with Crippen LogP contribution < -0.4 is 10.6 Å². The van der Waals surface area contributed by atoms with E-state index in [-0.39, 0.29) is 13.2 Å². The fourth-order valence-corrected chi connectivity index (χ4v) is 3.72. The van der Waals surface area contributed by atoms with Gasteiger partial charge in [0, 0.05) is 6.54 Å². The van der Waals surface area contributed by atoms with Crippen molar-refractivity contribution in [1.29, 1.82) is 0 Å². The van der Waals surface area contributed by atoms with Crippen molar-refractivity contribution < 1.29 is 37.0 Å². The Morgan fingerprint density at radius 1 is 0.909 bits per heavy atom. The smallest absolute Gasteiger partial charge is 0.408 e. The third-order valence-corrected chi connectivity index (χ3v) is 5.37. The second kappa shape index (κ2) is 11.9. The minimum Gasteiger partial charge on any atom is -0.458 e. The van der Waals surface area contributed by atoms with Gasteiger partial charge in [0.1, 0.15) is 23.9 Å². The lowest BCUT2D eigenvalue weighted by Crippen LogP contribution is -2.50.